The quantitative estimate of drug-likeness (QED) is 0.894. The Morgan fingerprint density at radius 3 is 2.74 bits per heavy atom. The number of nitrogens with zero attached hydrogens (tertiary/aromatic N) is 1. The van der Waals surface area contributed by atoms with Crippen LogP contribution in [0.15, 0.2) is 42.5 Å². The SMILES string of the molecule is Cc1ccc(C(=O)Nc2cccc(C#N)c2)cc1F. The van der Waals surface area contributed by atoms with E-state index in [1.54, 1.807) is 43.3 Å². The zero-order valence-electron chi connectivity index (χ0n) is 10.3. The van der Waals surface area contributed by atoms with Crippen LogP contribution in [0.1, 0.15) is 21.5 Å². The second-order valence-electron chi connectivity index (χ2n) is 4.11. The molecule has 0 heterocycles. The predicted molar refractivity (Wildman–Crippen MR) is 70.2 cm³/mol. The number of halogens is 1. The van der Waals surface area contributed by atoms with Crippen molar-refractivity contribution >= 4 is 11.6 Å². The molecule has 0 aliphatic heterocycles. The smallest absolute Gasteiger partial charge is 0.255 e. The Labute approximate surface area is 110 Å². The first-order valence-corrected chi connectivity index (χ1v) is 5.68. The lowest BCUT2D eigenvalue weighted by atomic mass is 10.1. The number of anilines is 1. The van der Waals surface area contributed by atoms with Crippen molar-refractivity contribution in [1.29, 1.82) is 5.26 Å². The Kier molecular flexibility index (Phi) is 3.58. The van der Waals surface area contributed by atoms with Gasteiger partial charge in [0.05, 0.1) is 11.6 Å². The van der Waals surface area contributed by atoms with Gasteiger partial charge < -0.3 is 5.32 Å². The Morgan fingerprint density at radius 2 is 2.05 bits per heavy atom. The van der Waals surface area contributed by atoms with Crippen molar-refractivity contribution in [2.75, 3.05) is 5.32 Å². The third-order valence-electron chi connectivity index (χ3n) is 2.68. The second kappa shape index (κ2) is 5.32. The first-order valence-electron chi connectivity index (χ1n) is 5.68. The average molecular weight is 254 g/mol. The highest BCUT2D eigenvalue weighted by molar-refractivity contribution is 6.04. The molecule has 4 heteroatoms. The summed E-state index contributed by atoms with van der Waals surface area (Å²) < 4.78 is 13.4. The minimum atomic E-state index is -0.418. The van der Waals surface area contributed by atoms with Crippen LogP contribution >= 0.6 is 0 Å². The van der Waals surface area contributed by atoms with E-state index >= 15 is 0 Å². The number of benzene rings is 2. The highest BCUT2D eigenvalue weighted by atomic mass is 19.1. The molecule has 1 N–H and O–H groups in total. The summed E-state index contributed by atoms with van der Waals surface area (Å²) in [4.78, 5) is 11.9. The van der Waals surface area contributed by atoms with Crippen molar-refractivity contribution in [3.05, 3.63) is 65.0 Å². The molecule has 0 saturated carbocycles. The van der Waals surface area contributed by atoms with Gasteiger partial charge in [-0.1, -0.05) is 12.1 Å². The topological polar surface area (TPSA) is 52.9 Å². The number of nitriles is 1. The van der Waals surface area contributed by atoms with Crippen LogP contribution in [0.4, 0.5) is 10.1 Å². The van der Waals surface area contributed by atoms with E-state index in [1.165, 1.54) is 6.07 Å². The fourth-order valence-electron chi connectivity index (χ4n) is 1.60. The van der Waals surface area contributed by atoms with Crippen LogP contribution in [-0.4, -0.2) is 5.91 Å². The van der Waals surface area contributed by atoms with Crippen LogP contribution in [0, 0.1) is 24.1 Å². The lowest BCUT2D eigenvalue weighted by Crippen LogP contribution is -2.12. The molecule has 3 nitrogen and oxygen atoms in total. The largest absolute Gasteiger partial charge is 0.322 e. The Bertz CT molecular complexity index is 674. The maximum absolute atomic E-state index is 13.4. The minimum absolute atomic E-state index is 0.241. The molecular weight excluding hydrogens is 243 g/mol. The number of aryl methyl sites for hydroxylation is 1. The lowest BCUT2D eigenvalue weighted by molar-refractivity contribution is 0.102. The summed E-state index contributed by atoms with van der Waals surface area (Å²) in [6.07, 6.45) is 0. The van der Waals surface area contributed by atoms with E-state index in [2.05, 4.69) is 5.32 Å². The summed E-state index contributed by atoms with van der Waals surface area (Å²) in [5.74, 6) is -0.826. The number of hydrogen-bond donors (Lipinski definition) is 1. The number of hydrogen-bond acceptors (Lipinski definition) is 2. The van der Waals surface area contributed by atoms with Gasteiger partial charge in [0.15, 0.2) is 0 Å². The molecule has 0 aliphatic carbocycles. The first kappa shape index (κ1) is 12.8. The predicted octanol–water partition coefficient (Wildman–Crippen LogP) is 3.26. The van der Waals surface area contributed by atoms with E-state index < -0.39 is 11.7 Å². The van der Waals surface area contributed by atoms with Crippen LogP contribution in [0.3, 0.4) is 0 Å². The van der Waals surface area contributed by atoms with E-state index in [9.17, 15) is 9.18 Å². The van der Waals surface area contributed by atoms with E-state index in [4.69, 9.17) is 5.26 Å². The molecule has 2 rings (SSSR count). The first-order chi connectivity index (χ1) is 9.10. The van der Waals surface area contributed by atoms with E-state index in [1.807, 2.05) is 6.07 Å². The molecular formula is C15H11FN2O. The summed E-state index contributed by atoms with van der Waals surface area (Å²) >= 11 is 0. The third kappa shape index (κ3) is 2.96. The van der Waals surface area contributed by atoms with Crippen molar-refractivity contribution in [1.82, 2.24) is 0 Å². The van der Waals surface area contributed by atoms with Gasteiger partial charge in [0.1, 0.15) is 5.82 Å². The fraction of sp³-hybridized carbons (Fsp3) is 0.0667. The van der Waals surface area contributed by atoms with Gasteiger partial charge in [0.25, 0.3) is 5.91 Å². The van der Waals surface area contributed by atoms with Gasteiger partial charge in [-0.2, -0.15) is 5.26 Å². The van der Waals surface area contributed by atoms with Gasteiger partial charge in [-0.25, -0.2) is 4.39 Å². The average Bonchev–Trinajstić information content (AvgIpc) is 2.42. The zero-order chi connectivity index (χ0) is 13.8. The van der Waals surface area contributed by atoms with E-state index in [0.29, 0.717) is 16.8 Å². The number of rotatable bonds is 2. The van der Waals surface area contributed by atoms with Crippen LogP contribution < -0.4 is 5.32 Å². The van der Waals surface area contributed by atoms with Crippen LogP contribution in [-0.2, 0) is 0 Å². The standard InChI is InChI=1S/C15H11FN2O/c1-10-5-6-12(8-14(10)16)15(19)18-13-4-2-3-11(7-13)9-17/h2-8H,1H3,(H,18,19). The summed E-state index contributed by atoms with van der Waals surface area (Å²) in [6.45, 7) is 1.63. The van der Waals surface area contributed by atoms with Crippen molar-refractivity contribution in [3.63, 3.8) is 0 Å². The molecule has 0 radical (unpaired) electrons. The molecule has 0 bridgehead atoms. The number of nitrogens with one attached hydrogen (secondary N) is 1. The molecule has 0 spiro atoms. The highest BCUT2D eigenvalue weighted by Crippen LogP contribution is 2.13. The Hall–Kier alpha value is -2.67. The van der Waals surface area contributed by atoms with Gasteiger partial charge in [0.2, 0.25) is 0 Å². The number of amides is 1. The van der Waals surface area contributed by atoms with Gasteiger partial charge in [-0.3, -0.25) is 4.79 Å². The number of carbonyl (C=O) groups excluding carboxylic acids is 1. The molecule has 2 aromatic carbocycles. The molecule has 1 amide bonds. The molecule has 0 unspecified atom stereocenters. The maximum atomic E-state index is 13.4. The fourth-order valence-corrected chi connectivity index (χ4v) is 1.60. The highest BCUT2D eigenvalue weighted by Gasteiger charge is 2.08. The molecule has 0 atom stereocenters. The lowest BCUT2D eigenvalue weighted by Gasteiger charge is -2.06. The van der Waals surface area contributed by atoms with Gasteiger partial charge in [0, 0.05) is 11.3 Å². The molecule has 94 valence electrons. The second-order valence-corrected chi connectivity index (χ2v) is 4.11. The third-order valence-corrected chi connectivity index (χ3v) is 2.68. The van der Waals surface area contributed by atoms with E-state index in [0.717, 1.165) is 0 Å². The summed E-state index contributed by atoms with van der Waals surface area (Å²) in [7, 11) is 0. The minimum Gasteiger partial charge on any atom is -0.322 e. The van der Waals surface area contributed by atoms with Crippen LogP contribution in [0.2, 0.25) is 0 Å². The van der Waals surface area contributed by atoms with Crippen LogP contribution in [0.5, 0.6) is 0 Å². The Balaban J connectivity index is 2.21. The van der Waals surface area contributed by atoms with Gasteiger partial charge >= 0.3 is 0 Å². The van der Waals surface area contributed by atoms with Crippen molar-refractivity contribution < 1.29 is 9.18 Å². The molecule has 2 aromatic rings. The van der Waals surface area contributed by atoms with Crippen molar-refractivity contribution in [3.8, 4) is 6.07 Å². The molecule has 0 saturated heterocycles. The Morgan fingerprint density at radius 1 is 1.26 bits per heavy atom. The summed E-state index contributed by atoms with van der Waals surface area (Å²) in [5.41, 5.74) is 1.69. The zero-order valence-corrected chi connectivity index (χ0v) is 10.3. The summed E-state index contributed by atoms with van der Waals surface area (Å²) in [5, 5.41) is 11.4. The maximum Gasteiger partial charge on any atom is 0.255 e. The van der Waals surface area contributed by atoms with Crippen LogP contribution in [0.25, 0.3) is 0 Å². The molecule has 0 fully saturated rings. The normalized spacial score (nSPS) is 9.74. The number of carbonyl (C=O) groups is 1. The summed E-state index contributed by atoms with van der Waals surface area (Å²) in [6, 6.07) is 12.8. The van der Waals surface area contributed by atoms with Gasteiger partial charge in [-0.15, -0.1) is 0 Å². The molecule has 19 heavy (non-hydrogen) atoms. The van der Waals surface area contributed by atoms with E-state index in [-0.39, 0.29) is 5.56 Å². The van der Waals surface area contributed by atoms with Crippen molar-refractivity contribution in [2.24, 2.45) is 0 Å². The van der Waals surface area contributed by atoms with Crippen molar-refractivity contribution in [2.45, 2.75) is 6.92 Å². The van der Waals surface area contributed by atoms with Gasteiger partial charge in [-0.05, 0) is 42.8 Å². The molecule has 0 aliphatic rings. The molecule has 0 aromatic heterocycles. The monoisotopic (exact) mass is 254 g/mol.